The van der Waals surface area contributed by atoms with Crippen molar-refractivity contribution in [3.8, 4) is 0 Å². The van der Waals surface area contributed by atoms with Crippen LogP contribution in [0.1, 0.15) is 55.8 Å². The molecule has 0 spiro atoms. The topological polar surface area (TPSA) is 68.7 Å². The van der Waals surface area contributed by atoms with Crippen LogP contribution in [-0.2, 0) is 14.3 Å². The Bertz CT molecular complexity index is 588. The van der Waals surface area contributed by atoms with Crippen LogP contribution in [0.25, 0.3) is 0 Å². The summed E-state index contributed by atoms with van der Waals surface area (Å²) in [5.41, 5.74) is 0.602. The Morgan fingerprint density at radius 2 is 1.85 bits per heavy atom. The summed E-state index contributed by atoms with van der Waals surface area (Å²) >= 11 is 0. The van der Waals surface area contributed by atoms with Crippen molar-refractivity contribution in [1.82, 2.24) is 4.98 Å². The minimum absolute atomic E-state index is 0.0487. The Morgan fingerprint density at radius 1 is 1.15 bits per heavy atom. The van der Waals surface area contributed by atoms with E-state index < -0.39 is 0 Å². The Labute approximate surface area is 154 Å². The smallest absolute Gasteiger partial charge is 0.308 e. The van der Waals surface area contributed by atoms with Crippen molar-refractivity contribution >= 4 is 18.1 Å². The van der Waals surface area contributed by atoms with Gasteiger partial charge in [-0.2, -0.15) is 0 Å². The van der Waals surface area contributed by atoms with Crippen molar-refractivity contribution < 1.29 is 19.1 Å². The molecule has 2 aliphatic rings. The van der Waals surface area contributed by atoms with E-state index in [1.165, 1.54) is 0 Å². The predicted octanol–water partition coefficient (Wildman–Crippen LogP) is 3.00. The minimum atomic E-state index is -0.0487. The van der Waals surface area contributed by atoms with E-state index in [0.29, 0.717) is 12.2 Å². The molecule has 142 valence electrons. The number of pyridine rings is 1. The fourth-order valence-electron chi connectivity index (χ4n) is 3.84. The van der Waals surface area contributed by atoms with Crippen molar-refractivity contribution in [3.63, 3.8) is 0 Å². The molecule has 1 aliphatic heterocycles. The van der Waals surface area contributed by atoms with Crippen molar-refractivity contribution in [2.75, 3.05) is 24.6 Å². The van der Waals surface area contributed by atoms with Gasteiger partial charge in [0, 0.05) is 24.8 Å². The van der Waals surface area contributed by atoms with Crippen LogP contribution in [-0.4, -0.2) is 49.1 Å². The fraction of sp³-hybridized carbons (Fsp3) is 0.650. The molecule has 0 aromatic carbocycles. The molecule has 0 unspecified atom stereocenters. The number of hydrogen-bond donors (Lipinski definition) is 0. The average Bonchev–Trinajstić information content (AvgIpc) is 2.69. The van der Waals surface area contributed by atoms with Gasteiger partial charge in [-0.05, 0) is 57.6 Å². The highest BCUT2D eigenvalue weighted by Gasteiger charge is 2.30. The summed E-state index contributed by atoms with van der Waals surface area (Å²) in [6.45, 7) is 4.14. The molecule has 2 fully saturated rings. The Hall–Kier alpha value is -1.95. The zero-order chi connectivity index (χ0) is 18.4. The molecule has 0 bridgehead atoms. The van der Waals surface area contributed by atoms with Crippen molar-refractivity contribution in [1.29, 1.82) is 0 Å². The molecule has 1 aromatic heterocycles. The minimum Gasteiger partial charge on any atom is -0.466 e. The SMILES string of the molecule is CCOC(=O)C1CCC(OC2CCN(c3ccc(C=O)cn3)CC2)CC1. The molecule has 1 aliphatic carbocycles. The molecule has 26 heavy (non-hydrogen) atoms. The largest absolute Gasteiger partial charge is 0.466 e. The van der Waals surface area contributed by atoms with Crippen molar-refractivity contribution in [3.05, 3.63) is 23.9 Å². The number of nitrogens with zero attached hydrogens (tertiary/aromatic N) is 2. The highest BCUT2D eigenvalue weighted by Crippen LogP contribution is 2.30. The van der Waals surface area contributed by atoms with Gasteiger partial charge in [-0.15, -0.1) is 0 Å². The third-order valence-corrected chi connectivity index (χ3v) is 5.35. The summed E-state index contributed by atoms with van der Waals surface area (Å²) in [4.78, 5) is 29.1. The number of aromatic nitrogens is 1. The molecule has 3 rings (SSSR count). The molecule has 2 heterocycles. The Balaban J connectivity index is 1.40. The zero-order valence-corrected chi connectivity index (χ0v) is 15.4. The molecule has 0 N–H and O–H groups in total. The molecule has 0 atom stereocenters. The van der Waals surface area contributed by atoms with E-state index in [1.807, 2.05) is 13.0 Å². The zero-order valence-electron chi connectivity index (χ0n) is 15.4. The van der Waals surface area contributed by atoms with Gasteiger partial charge < -0.3 is 14.4 Å². The number of hydrogen-bond acceptors (Lipinski definition) is 6. The van der Waals surface area contributed by atoms with Gasteiger partial charge >= 0.3 is 5.97 Å². The van der Waals surface area contributed by atoms with E-state index in [1.54, 1.807) is 12.3 Å². The Morgan fingerprint density at radius 3 is 2.42 bits per heavy atom. The van der Waals surface area contributed by atoms with Crippen molar-refractivity contribution in [2.45, 2.75) is 57.7 Å². The molecule has 6 heteroatoms. The van der Waals surface area contributed by atoms with Crippen LogP contribution in [0.3, 0.4) is 0 Å². The molecule has 1 aromatic rings. The van der Waals surface area contributed by atoms with E-state index in [0.717, 1.165) is 63.7 Å². The lowest BCUT2D eigenvalue weighted by molar-refractivity contribution is -0.150. The standard InChI is InChI=1S/C20H28N2O4/c1-2-25-20(24)16-4-6-17(7-5-16)26-18-9-11-22(12-10-18)19-8-3-15(14-23)13-21-19/h3,8,13-14,16-18H,2,4-7,9-12H2,1H3. The average molecular weight is 360 g/mol. The summed E-state index contributed by atoms with van der Waals surface area (Å²) in [6, 6.07) is 3.71. The highest BCUT2D eigenvalue weighted by molar-refractivity contribution is 5.74. The lowest BCUT2D eigenvalue weighted by Crippen LogP contribution is -2.39. The van der Waals surface area contributed by atoms with Crippen LogP contribution in [0.5, 0.6) is 0 Å². The lowest BCUT2D eigenvalue weighted by Gasteiger charge is -2.36. The van der Waals surface area contributed by atoms with Gasteiger partial charge in [0.05, 0.1) is 24.7 Å². The molecule has 0 amide bonds. The maximum Gasteiger partial charge on any atom is 0.308 e. The molecule has 1 saturated carbocycles. The summed E-state index contributed by atoms with van der Waals surface area (Å²) in [5, 5.41) is 0. The third-order valence-electron chi connectivity index (χ3n) is 5.35. The number of carbonyl (C=O) groups excluding carboxylic acids is 2. The van der Waals surface area contributed by atoms with Gasteiger partial charge in [-0.3, -0.25) is 9.59 Å². The monoisotopic (exact) mass is 360 g/mol. The summed E-state index contributed by atoms with van der Waals surface area (Å²) in [6.07, 6.45) is 8.57. The molecule has 6 nitrogen and oxygen atoms in total. The Kier molecular flexibility index (Phi) is 6.61. The van der Waals surface area contributed by atoms with Gasteiger partial charge in [0.1, 0.15) is 5.82 Å². The van der Waals surface area contributed by atoms with Crippen LogP contribution in [0, 0.1) is 5.92 Å². The van der Waals surface area contributed by atoms with Gasteiger partial charge in [-0.1, -0.05) is 0 Å². The van der Waals surface area contributed by atoms with Gasteiger partial charge in [-0.25, -0.2) is 4.98 Å². The van der Waals surface area contributed by atoms with Gasteiger partial charge in [0.15, 0.2) is 6.29 Å². The van der Waals surface area contributed by atoms with Crippen molar-refractivity contribution in [2.24, 2.45) is 5.92 Å². The first-order valence-electron chi connectivity index (χ1n) is 9.68. The maximum atomic E-state index is 11.8. The normalized spacial score (nSPS) is 24.3. The van der Waals surface area contributed by atoms with E-state index in [4.69, 9.17) is 9.47 Å². The van der Waals surface area contributed by atoms with Crippen LogP contribution in [0.4, 0.5) is 5.82 Å². The van der Waals surface area contributed by atoms with Gasteiger partial charge in [0.2, 0.25) is 0 Å². The summed E-state index contributed by atoms with van der Waals surface area (Å²) < 4.78 is 11.4. The van der Waals surface area contributed by atoms with Gasteiger partial charge in [0.25, 0.3) is 0 Å². The van der Waals surface area contributed by atoms with E-state index in [9.17, 15) is 9.59 Å². The summed E-state index contributed by atoms with van der Waals surface area (Å²) in [5.74, 6) is 0.924. The predicted molar refractivity (Wildman–Crippen MR) is 98.3 cm³/mol. The first-order valence-corrected chi connectivity index (χ1v) is 9.68. The van der Waals surface area contributed by atoms with Crippen LogP contribution in [0.2, 0.25) is 0 Å². The lowest BCUT2D eigenvalue weighted by atomic mass is 9.87. The summed E-state index contributed by atoms with van der Waals surface area (Å²) in [7, 11) is 0. The number of rotatable bonds is 6. The first-order chi connectivity index (χ1) is 12.7. The van der Waals surface area contributed by atoms with Crippen LogP contribution < -0.4 is 4.90 Å². The molecule has 1 saturated heterocycles. The van der Waals surface area contributed by atoms with E-state index >= 15 is 0 Å². The molecular weight excluding hydrogens is 332 g/mol. The maximum absolute atomic E-state index is 11.8. The second-order valence-electron chi connectivity index (χ2n) is 7.12. The third kappa shape index (κ3) is 4.81. The quantitative estimate of drug-likeness (QED) is 0.574. The van der Waals surface area contributed by atoms with E-state index in [2.05, 4.69) is 9.88 Å². The second-order valence-corrected chi connectivity index (χ2v) is 7.12. The van der Waals surface area contributed by atoms with E-state index in [-0.39, 0.29) is 24.1 Å². The van der Waals surface area contributed by atoms with Crippen LogP contribution in [0.15, 0.2) is 18.3 Å². The highest BCUT2D eigenvalue weighted by atomic mass is 16.5. The molecular formula is C20H28N2O4. The second kappa shape index (κ2) is 9.12. The van der Waals surface area contributed by atoms with Crippen LogP contribution >= 0.6 is 0 Å². The fourth-order valence-corrected chi connectivity index (χ4v) is 3.84. The first kappa shape index (κ1) is 18.8. The number of anilines is 1. The number of carbonyl (C=O) groups is 2. The number of piperidine rings is 1. The molecule has 0 radical (unpaired) electrons. The number of aldehydes is 1. The number of ether oxygens (including phenoxy) is 2. The number of esters is 1.